The summed E-state index contributed by atoms with van der Waals surface area (Å²) in [6.07, 6.45) is 3.84. The molecule has 6 atom stereocenters. The number of carbonyl (C=O) groups is 2. The van der Waals surface area contributed by atoms with Crippen LogP contribution in [0.5, 0.6) is 11.5 Å². The van der Waals surface area contributed by atoms with Crippen LogP contribution in [-0.2, 0) is 23.7 Å². The summed E-state index contributed by atoms with van der Waals surface area (Å²) in [6.45, 7) is 6.45. The lowest BCUT2D eigenvalue weighted by molar-refractivity contribution is -0.152. The zero-order valence-corrected chi connectivity index (χ0v) is 26.2. The first kappa shape index (κ1) is 34.1. The van der Waals surface area contributed by atoms with Crippen molar-refractivity contribution in [2.75, 3.05) is 27.1 Å². The normalized spacial score (nSPS) is 25.3. The number of ether oxygens (including phenoxy) is 7. The Balaban J connectivity index is 1.74. The van der Waals surface area contributed by atoms with Gasteiger partial charge < -0.3 is 43.4 Å². The van der Waals surface area contributed by atoms with E-state index in [2.05, 4.69) is 0 Å². The summed E-state index contributed by atoms with van der Waals surface area (Å²) in [4.78, 5) is 26.8. The van der Waals surface area contributed by atoms with Gasteiger partial charge in [0.15, 0.2) is 12.6 Å². The largest absolute Gasteiger partial charge is 0.491 e. The fraction of sp³-hybridized carbons (Fsp3) is 0.471. The molecule has 0 bridgehead atoms. The molecule has 0 aromatic heterocycles. The van der Waals surface area contributed by atoms with Crippen molar-refractivity contribution in [1.29, 1.82) is 0 Å². The van der Waals surface area contributed by atoms with E-state index in [1.807, 2.05) is 25.1 Å². The first-order valence-electron chi connectivity index (χ1n) is 14.9. The van der Waals surface area contributed by atoms with Crippen molar-refractivity contribution in [3.8, 4) is 11.5 Å². The lowest BCUT2D eigenvalue weighted by Gasteiger charge is -2.26. The summed E-state index contributed by atoms with van der Waals surface area (Å²) in [7, 11) is 1.46. The predicted octanol–water partition coefficient (Wildman–Crippen LogP) is 4.30. The van der Waals surface area contributed by atoms with Crippen LogP contribution in [0.25, 0.3) is 6.08 Å². The summed E-state index contributed by atoms with van der Waals surface area (Å²) in [5.74, 6) is -1.91. The molecule has 2 aliphatic heterocycles. The number of hydrogen-bond donors (Lipinski definition) is 2. The summed E-state index contributed by atoms with van der Waals surface area (Å²) < 4.78 is 41.0. The van der Waals surface area contributed by atoms with Gasteiger partial charge in [-0.3, -0.25) is 0 Å². The quantitative estimate of drug-likeness (QED) is 0.234. The maximum Gasteiger partial charge on any atom is 0.342 e. The van der Waals surface area contributed by atoms with Crippen LogP contribution < -0.4 is 9.47 Å². The lowest BCUT2D eigenvalue weighted by Crippen LogP contribution is -2.37. The van der Waals surface area contributed by atoms with Gasteiger partial charge in [0, 0.05) is 19.1 Å². The van der Waals surface area contributed by atoms with E-state index >= 15 is 0 Å². The van der Waals surface area contributed by atoms with Crippen LogP contribution in [0.2, 0.25) is 0 Å². The van der Waals surface area contributed by atoms with Gasteiger partial charge in [-0.1, -0.05) is 43.4 Å². The molecule has 244 valence electrons. The van der Waals surface area contributed by atoms with Gasteiger partial charge in [0.1, 0.15) is 48.1 Å². The molecule has 1 saturated heterocycles. The Kier molecular flexibility index (Phi) is 11.8. The topological polar surface area (TPSA) is 139 Å². The van der Waals surface area contributed by atoms with E-state index in [-0.39, 0.29) is 30.6 Å². The Morgan fingerprint density at radius 1 is 1.09 bits per heavy atom. The van der Waals surface area contributed by atoms with Gasteiger partial charge in [0.25, 0.3) is 0 Å². The molecule has 11 heteroatoms. The van der Waals surface area contributed by atoms with Gasteiger partial charge in [0.2, 0.25) is 0 Å². The van der Waals surface area contributed by atoms with Gasteiger partial charge in [-0.25, -0.2) is 9.59 Å². The van der Waals surface area contributed by atoms with E-state index in [4.69, 9.17) is 33.2 Å². The van der Waals surface area contributed by atoms with E-state index in [1.165, 1.54) is 13.2 Å². The van der Waals surface area contributed by atoms with Crippen LogP contribution in [0.15, 0.2) is 60.7 Å². The number of carbonyl (C=O) groups excluding carboxylic acids is 2. The molecule has 45 heavy (non-hydrogen) atoms. The molecule has 2 aromatic rings. The molecule has 3 unspecified atom stereocenters. The first-order valence-corrected chi connectivity index (χ1v) is 14.9. The number of aliphatic hydroxyl groups excluding tert-OH is 2. The zero-order valence-electron chi connectivity index (χ0n) is 26.2. The van der Waals surface area contributed by atoms with Gasteiger partial charge in [-0.2, -0.15) is 0 Å². The van der Waals surface area contributed by atoms with Gasteiger partial charge in [0.05, 0.1) is 18.3 Å². The molecular formula is C34H42O11. The average Bonchev–Trinajstić information content (AvgIpc) is 3.33. The lowest BCUT2D eigenvalue weighted by atomic mass is 9.98. The number of cyclic esters (lactones) is 1. The standard InChI is InChI=1S/C34H42O11/c1-21-14-15-27(43-32(37)23-10-7-6-8-11-23)31-28(44-34(3,4)45-31)13-9-12-24-16-26(40-19-25(36)18-35)17-29(41-20-39-5)30(24)33(38)42-22(21)2/h6-12,14-17,21-22,25,27-28,31,35-36H,13,18-20H2,1-5H3/t21-,22+,25?,27?,28+,31?/m1/s1. The first-order chi connectivity index (χ1) is 21.5. The molecule has 0 saturated carbocycles. The maximum atomic E-state index is 13.6. The third-order valence-corrected chi connectivity index (χ3v) is 7.40. The van der Waals surface area contributed by atoms with Gasteiger partial charge >= 0.3 is 11.9 Å². The van der Waals surface area contributed by atoms with E-state index < -0.39 is 54.9 Å². The number of benzene rings is 2. The van der Waals surface area contributed by atoms with Crippen LogP contribution in [0, 0.1) is 5.92 Å². The second-order valence-electron chi connectivity index (χ2n) is 11.5. The molecule has 1 fully saturated rings. The highest BCUT2D eigenvalue weighted by Gasteiger charge is 2.45. The molecular weight excluding hydrogens is 584 g/mol. The number of methoxy groups -OCH3 is 1. The van der Waals surface area contributed by atoms with Crippen LogP contribution in [0.1, 0.15) is 60.4 Å². The molecule has 2 N–H and O–H groups in total. The molecule has 2 heterocycles. The average molecular weight is 627 g/mol. The second kappa shape index (κ2) is 15.5. The number of hydrogen-bond acceptors (Lipinski definition) is 11. The summed E-state index contributed by atoms with van der Waals surface area (Å²) in [5, 5.41) is 19.0. The Bertz CT molecular complexity index is 1350. The molecule has 4 rings (SSSR count). The minimum Gasteiger partial charge on any atom is -0.491 e. The number of aliphatic hydroxyl groups is 2. The Morgan fingerprint density at radius 3 is 2.56 bits per heavy atom. The van der Waals surface area contributed by atoms with Crippen molar-refractivity contribution in [3.05, 3.63) is 77.4 Å². The van der Waals surface area contributed by atoms with Crippen LogP contribution in [0.3, 0.4) is 0 Å². The molecule has 11 nitrogen and oxygen atoms in total. The SMILES string of the molecule is COCOc1cc(OCC(O)CO)cc2c1C(=O)O[C@@H](C)[C@H](C)C=CC(OC(=O)c1ccccc1)C1OC(C)(C)O[C@H]1CC=C2. The van der Waals surface area contributed by atoms with Gasteiger partial charge in [-0.15, -0.1) is 0 Å². The van der Waals surface area contributed by atoms with Crippen LogP contribution >= 0.6 is 0 Å². The molecule has 0 spiro atoms. The van der Waals surface area contributed by atoms with Crippen LogP contribution in [-0.4, -0.2) is 85.6 Å². The fourth-order valence-corrected chi connectivity index (χ4v) is 4.94. The summed E-state index contributed by atoms with van der Waals surface area (Å²) in [5.41, 5.74) is 0.993. The fourth-order valence-electron chi connectivity index (χ4n) is 4.94. The molecule has 2 aliphatic rings. The Morgan fingerprint density at radius 2 is 1.84 bits per heavy atom. The number of esters is 2. The van der Waals surface area contributed by atoms with Crippen molar-refractivity contribution >= 4 is 18.0 Å². The smallest absolute Gasteiger partial charge is 0.342 e. The third-order valence-electron chi connectivity index (χ3n) is 7.40. The monoisotopic (exact) mass is 626 g/mol. The maximum absolute atomic E-state index is 13.6. The van der Waals surface area contributed by atoms with E-state index in [0.29, 0.717) is 23.3 Å². The van der Waals surface area contributed by atoms with Crippen molar-refractivity contribution < 1.29 is 53.0 Å². The van der Waals surface area contributed by atoms with Crippen molar-refractivity contribution in [2.45, 2.75) is 70.4 Å². The second-order valence-corrected chi connectivity index (χ2v) is 11.5. The molecule has 2 aromatic carbocycles. The van der Waals surface area contributed by atoms with Crippen molar-refractivity contribution in [1.82, 2.24) is 0 Å². The molecule has 0 radical (unpaired) electrons. The van der Waals surface area contributed by atoms with Crippen molar-refractivity contribution in [2.24, 2.45) is 5.92 Å². The third kappa shape index (κ3) is 9.15. The van der Waals surface area contributed by atoms with E-state index in [0.717, 1.165) is 0 Å². The van der Waals surface area contributed by atoms with Gasteiger partial charge in [-0.05, 0) is 57.0 Å². The highest BCUT2D eigenvalue weighted by atomic mass is 16.8. The summed E-state index contributed by atoms with van der Waals surface area (Å²) in [6, 6.07) is 11.8. The number of fused-ring (bicyclic) bond motifs is 2. The van der Waals surface area contributed by atoms with E-state index in [9.17, 15) is 19.8 Å². The molecule has 0 amide bonds. The predicted molar refractivity (Wildman–Crippen MR) is 164 cm³/mol. The molecule has 0 aliphatic carbocycles. The van der Waals surface area contributed by atoms with E-state index in [1.54, 1.807) is 63.3 Å². The Labute approximate surface area is 263 Å². The summed E-state index contributed by atoms with van der Waals surface area (Å²) >= 11 is 0. The highest BCUT2D eigenvalue weighted by molar-refractivity contribution is 5.97. The Hall–Kier alpha value is -3.74. The van der Waals surface area contributed by atoms with Crippen molar-refractivity contribution in [3.63, 3.8) is 0 Å². The minimum atomic E-state index is -1.10. The number of rotatable bonds is 9. The highest BCUT2D eigenvalue weighted by Crippen LogP contribution is 2.36. The minimum absolute atomic E-state index is 0.145. The zero-order chi connectivity index (χ0) is 32.6. The van der Waals surface area contributed by atoms with Crippen LogP contribution in [0.4, 0.5) is 0 Å².